The summed E-state index contributed by atoms with van der Waals surface area (Å²) in [6.07, 6.45) is -26.1. The molecule has 0 bridgehead atoms. The molecule has 0 atom stereocenters. The maximum Gasteiger partial charge on any atom is 0.495 e. The molecule has 0 saturated heterocycles. The van der Waals surface area contributed by atoms with Gasteiger partial charge in [-0.05, 0) is 0 Å². The summed E-state index contributed by atoms with van der Waals surface area (Å²) >= 11 is 0. The normalized spacial score (nSPS) is 10.9. The van der Waals surface area contributed by atoms with E-state index < -0.39 is 106 Å². The molecule has 17 nitrogen and oxygen atoms in total. The number of rotatable bonds is 25. The summed E-state index contributed by atoms with van der Waals surface area (Å²) in [7, 11) is 0. The third-order valence-electron chi connectivity index (χ3n) is 4.44. The van der Waals surface area contributed by atoms with Crippen LogP contribution < -0.4 is 16.0 Å². The fourth-order valence-electron chi connectivity index (χ4n) is 2.40. The number of esters is 2. The van der Waals surface area contributed by atoms with Gasteiger partial charge in [-0.1, -0.05) is 57.7 Å². The van der Waals surface area contributed by atoms with Crippen LogP contribution in [0.15, 0.2) is 25.3 Å². The Balaban J connectivity index is -0.000000800. The quantitative estimate of drug-likeness (QED) is 0.0194. The lowest BCUT2D eigenvalue weighted by Gasteiger charge is -2.32. The maximum absolute atomic E-state index is 14.1. The fourth-order valence-corrected chi connectivity index (χ4v) is 2.40. The van der Waals surface area contributed by atoms with E-state index in [9.17, 15) is 67.9 Å². The van der Waals surface area contributed by atoms with Crippen LogP contribution in [0.1, 0.15) is 44.6 Å². The van der Waals surface area contributed by atoms with Crippen molar-refractivity contribution in [2.75, 3.05) is 59.3 Å². The highest BCUT2D eigenvalue weighted by Gasteiger charge is 2.67. The zero-order valence-electron chi connectivity index (χ0n) is 25.0. The van der Waals surface area contributed by atoms with E-state index in [1.165, 1.54) is 5.32 Å². The zero-order valence-corrected chi connectivity index (χ0v) is 25.0. The molecule has 0 aliphatic heterocycles. The van der Waals surface area contributed by atoms with Crippen molar-refractivity contribution < 1.29 is 106 Å². The molecule has 0 aliphatic carbocycles. The lowest BCUT2D eigenvalue weighted by molar-refractivity contribution is -0.563. The number of alkyl halides is 10. The van der Waals surface area contributed by atoms with Gasteiger partial charge in [0.05, 0.1) is 26.2 Å². The number of carbonyl (C=O) groups excluding carboxylic acids is 5. The van der Waals surface area contributed by atoms with Gasteiger partial charge in [0.1, 0.15) is 33.2 Å². The lowest BCUT2D eigenvalue weighted by atomic mass is 10.5. The molecule has 0 saturated carbocycles. The lowest BCUT2D eigenvalue weighted by Crippen LogP contribution is -2.55. The van der Waals surface area contributed by atoms with Gasteiger partial charge in [-0.15, -0.1) is 8.78 Å². The average molecular weight is 855 g/mol. The van der Waals surface area contributed by atoms with Crippen molar-refractivity contribution in [1.29, 1.82) is 0 Å². The SMILES string of the molecule is C.C.C.C.C.C.C=CC(=O)OCCNC(=O)OCCNC(=O)C(F)(F)OC(F)(F)OC(F)(F)C(F)(F)ON(CCOC(=O)NCCOC(=O)C=C)COC(F)F. The number of ether oxygens (including phenoxy) is 7. The molecule has 0 spiro atoms. The van der Waals surface area contributed by atoms with Crippen molar-refractivity contribution in [3.8, 4) is 0 Å². The van der Waals surface area contributed by atoms with Crippen LogP contribution in [0.4, 0.5) is 53.5 Å². The second-order valence-electron chi connectivity index (χ2n) is 8.20. The summed E-state index contributed by atoms with van der Waals surface area (Å²) in [6, 6.07) is 0. The van der Waals surface area contributed by atoms with E-state index in [-0.39, 0.29) is 64.3 Å². The first-order valence-electron chi connectivity index (χ1n) is 13.0. The van der Waals surface area contributed by atoms with Crippen LogP contribution in [0.25, 0.3) is 0 Å². The van der Waals surface area contributed by atoms with Gasteiger partial charge < -0.3 is 39.6 Å². The standard InChI is InChI=1S/C23H28F10N4O13.6CH4/c1-3-14(38)43-9-6-35-18(41)45-11-5-34-16(40)20(26,27)48-23(32,33)49-21(28,29)22(30,31)50-37(13-47-17(24)25)8-12-46-19(42)36-7-10-44-15(39)4-2;;;;;;/h3-4,17H,1-2,5-13H2,(H,34,40)(H,35,41)(H,36,42);6*1H4. The van der Waals surface area contributed by atoms with Crippen LogP contribution in [-0.4, -0.2) is 126 Å². The number of hydrogen-bond acceptors (Lipinski definition) is 14. The Morgan fingerprint density at radius 1 is 0.607 bits per heavy atom. The van der Waals surface area contributed by atoms with Crippen LogP contribution in [0.5, 0.6) is 0 Å². The first-order valence-corrected chi connectivity index (χ1v) is 13.0. The summed E-state index contributed by atoms with van der Waals surface area (Å²) in [5.41, 5.74) is 0. The zero-order chi connectivity index (χ0) is 38.6. The van der Waals surface area contributed by atoms with Gasteiger partial charge >= 0.3 is 61.3 Å². The van der Waals surface area contributed by atoms with E-state index in [2.05, 4.69) is 51.2 Å². The van der Waals surface area contributed by atoms with Gasteiger partial charge in [0.2, 0.25) is 0 Å². The minimum atomic E-state index is -6.63. The van der Waals surface area contributed by atoms with Crippen molar-refractivity contribution in [1.82, 2.24) is 21.0 Å². The summed E-state index contributed by atoms with van der Waals surface area (Å²) in [6.45, 7) is -5.14. The van der Waals surface area contributed by atoms with Gasteiger partial charge in [0, 0.05) is 12.2 Å². The van der Waals surface area contributed by atoms with Gasteiger partial charge in [-0.25, -0.2) is 33.5 Å². The molecule has 0 heterocycles. The molecule has 3 N–H and O–H groups in total. The summed E-state index contributed by atoms with van der Waals surface area (Å²) < 4.78 is 162. The summed E-state index contributed by atoms with van der Waals surface area (Å²) in [5, 5.41) is 4.54. The number of amides is 3. The van der Waals surface area contributed by atoms with Crippen LogP contribution in [-0.2, 0) is 52.4 Å². The highest BCUT2D eigenvalue weighted by molar-refractivity contribution is 5.82. The van der Waals surface area contributed by atoms with Crippen molar-refractivity contribution in [2.24, 2.45) is 0 Å². The molecule has 0 aliphatic rings. The van der Waals surface area contributed by atoms with E-state index in [0.29, 0.717) is 0 Å². The molecule has 0 radical (unpaired) electrons. The van der Waals surface area contributed by atoms with Crippen molar-refractivity contribution in [3.05, 3.63) is 25.3 Å². The molecule has 0 unspecified atom stereocenters. The Morgan fingerprint density at radius 2 is 1.02 bits per heavy atom. The van der Waals surface area contributed by atoms with Crippen molar-refractivity contribution >= 4 is 30.0 Å². The molecule has 56 heavy (non-hydrogen) atoms. The molecular weight excluding hydrogens is 802 g/mol. The molecule has 3 amide bonds. The molecule has 0 fully saturated rings. The Morgan fingerprint density at radius 3 is 1.45 bits per heavy atom. The topological polar surface area (TPSA) is 199 Å². The van der Waals surface area contributed by atoms with Gasteiger partial charge in [-0.2, -0.15) is 40.2 Å². The monoisotopic (exact) mass is 854 g/mol. The first-order chi connectivity index (χ1) is 23.1. The number of alkyl carbamates (subject to hydrolysis) is 2. The number of nitrogens with zero attached hydrogens (tertiary/aromatic N) is 1. The second kappa shape index (κ2) is 31.7. The molecule has 0 rings (SSSR count). The minimum absolute atomic E-state index is 0. The van der Waals surface area contributed by atoms with Gasteiger partial charge in [0.25, 0.3) is 0 Å². The average Bonchev–Trinajstić information content (AvgIpc) is 3.00. The number of hydrogen-bond donors (Lipinski definition) is 3. The molecular formula is C29H52F10N4O13. The fraction of sp³-hybridized carbons (Fsp3) is 0.690. The van der Waals surface area contributed by atoms with E-state index in [1.54, 1.807) is 0 Å². The summed E-state index contributed by atoms with van der Waals surface area (Å²) in [5.74, 6) is -4.49. The number of carbonyl (C=O) groups is 5. The first kappa shape index (κ1) is 66.4. The van der Waals surface area contributed by atoms with E-state index in [1.807, 2.05) is 10.6 Å². The Labute approximate surface area is 317 Å². The number of halogens is 10. The predicted octanol–water partition coefficient (Wildman–Crippen LogP) is 5.62. The maximum atomic E-state index is 14.1. The number of hydroxylamine groups is 2. The molecule has 27 heteroatoms. The van der Waals surface area contributed by atoms with Crippen LogP contribution >= 0.6 is 0 Å². The largest absolute Gasteiger partial charge is 0.495 e. The van der Waals surface area contributed by atoms with Gasteiger partial charge in [0.15, 0.2) is 0 Å². The smallest absolute Gasteiger partial charge is 0.461 e. The Bertz CT molecular complexity index is 1160. The van der Waals surface area contributed by atoms with E-state index >= 15 is 0 Å². The van der Waals surface area contributed by atoms with Crippen LogP contribution in [0.2, 0.25) is 0 Å². The predicted molar refractivity (Wildman–Crippen MR) is 176 cm³/mol. The van der Waals surface area contributed by atoms with Crippen LogP contribution in [0, 0.1) is 0 Å². The minimum Gasteiger partial charge on any atom is -0.461 e. The molecule has 0 aromatic heterocycles. The summed E-state index contributed by atoms with van der Waals surface area (Å²) in [4.78, 5) is 59.4. The second-order valence-corrected chi connectivity index (χ2v) is 8.20. The van der Waals surface area contributed by atoms with Crippen molar-refractivity contribution in [2.45, 2.75) is 75.8 Å². The Kier molecular flexibility index (Phi) is 37.6. The van der Waals surface area contributed by atoms with E-state index in [4.69, 9.17) is 0 Å². The molecule has 0 aromatic rings. The highest BCUT2D eigenvalue weighted by Crippen LogP contribution is 2.42. The Hall–Kier alpha value is -4.47. The van der Waals surface area contributed by atoms with Crippen molar-refractivity contribution in [3.63, 3.8) is 0 Å². The molecule has 336 valence electrons. The molecule has 0 aromatic carbocycles. The highest BCUT2D eigenvalue weighted by atomic mass is 19.3. The number of nitrogens with one attached hydrogen (secondary N) is 3. The third kappa shape index (κ3) is 28.9. The van der Waals surface area contributed by atoms with Crippen LogP contribution in [0.3, 0.4) is 0 Å². The van der Waals surface area contributed by atoms with Gasteiger partial charge in [-0.3, -0.25) is 4.79 Å². The van der Waals surface area contributed by atoms with E-state index in [0.717, 1.165) is 12.2 Å². The third-order valence-corrected chi connectivity index (χ3v) is 4.44.